The molecule has 2 N–H and O–H groups in total. The van der Waals surface area contributed by atoms with Crippen LogP contribution in [0.5, 0.6) is 0 Å². The lowest BCUT2D eigenvalue weighted by atomic mass is 10.2. The Bertz CT molecular complexity index is 872. The van der Waals surface area contributed by atoms with Gasteiger partial charge in [0.25, 0.3) is 5.56 Å². The number of halogens is 1. The van der Waals surface area contributed by atoms with Crippen molar-refractivity contribution in [1.82, 2.24) is 24.6 Å². The Labute approximate surface area is 149 Å². The summed E-state index contributed by atoms with van der Waals surface area (Å²) in [7, 11) is 0. The Morgan fingerprint density at radius 2 is 2.15 bits per heavy atom. The molecule has 0 bridgehead atoms. The average molecular weight is 362 g/mol. The monoisotopic (exact) mass is 362 g/mol. The van der Waals surface area contributed by atoms with Crippen LogP contribution in [-0.4, -0.2) is 55.9 Å². The summed E-state index contributed by atoms with van der Waals surface area (Å²) in [4.78, 5) is 33.4. The zero-order valence-corrected chi connectivity index (χ0v) is 14.7. The lowest BCUT2D eigenvalue weighted by molar-refractivity contribution is -0.130. The quantitative estimate of drug-likeness (QED) is 0.861. The first-order chi connectivity index (χ1) is 12.5. The second kappa shape index (κ2) is 6.69. The summed E-state index contributed by atoms with van der Waals surface area (Å²) in [5.41, 5.74) is 0.249. The van der Waals surface area contributed by atoms with Crippen LogP contribution in [0.15, 0.2) is 11.0 Å². The second-order valence-corrected chi connectivity index (χ2v) is 7.22. The van der Waals surface area contributed by atoms with Crippen LogP contribution in [-0.2, 0) is 4.79 Å². The van der Waals surface area contributed by atoms with E-state index in [4.69, 9.17) is 0 Å². The van der Waals surface area contributed by atoms with Crippen LogP contribution >= 0.6 is 0 Å². The molecule has 1 saturated heterocycles. The number of hydrogen-bond donors (Lipinski definition) is 2. The van der Waals surface area contributed by atoms with E-state index in [-0.39, 0.29) is 30.0 Å². The van der Waals surface area contributed by atoms with Crippen LogP contribution in [0.3, 0.4) is 0 Å². The van der Waals surface area contributed by atoms with Crippen LogP contribution in [0.1, 0.15) is 45.1 Å². The largest absolute Gasteiger partial charge is 0.344 e. The Kier molecular flexibility index (Phi) is 4.37. The first kappa shape index (κ1) is 17.0. The first-order valence-corrected chi connectivity index (χ1v) is 9.20. The van der Waals surface area contributed by atoms with Crippen molar-refractivity contribution < 1.29 is 9.18 Å². The number of anilines is 1. The third-order valence-corrected chi connectivity index (χ3v) is 5.30. The van der Waals surface area contributed by atoms with Crippen molar-refractivity contribution in [3.05, 3.63) is 16.6 Å². The lowest BCUT2D eigenvalue weighted by Gasteiger charge is -2.21. The minimum absolute atomic E-state index is 0.127. The molecular weight excluding hydrogens is 339 g/mol. The third kappa shape index (κ3) is 3.06. The smallest absolute Gasteiger partial charge is 0.263 e. The van der Waals surface area contributed by atoms with Gasteiger partial charge in [-0.2, -0.15) is 10.1 Å². The van der Waals surface area contributed by atoms with E-state index < -0.39 is 12.2 Å². The summed E-state index contributed by atoms with van der Waals surface area (Å²) >= 11 is 0. The Balaban J connectivity index is 1.57. The lowest BCUT2D eigenvalue weighted by Crippen LogP contribution is -2.40. The predicted molar refractivity (Wildman–Crippen MR) is 94.8 cm³/mol. The van der Waals surface area contributed by atoms with Gasteiger partial charge in [-0.3, -0.25) is 14.6 Å². The number of nitrogens with zero attached hydrogens (tertiary/aromatic N) is 4. The topological polar surface area (TPSA) is 95.9 Å². The van der Waals surface area contributed by atoms with E-state index in [0.29, 0.717) is 24.0 Å². The van der Waals surface area contributed by atoms with E-state index in [2.05, 4.69) is 20.4 Å². The van der Waals surface area contributed by atoms with E-state index in [1.165, 1.54) is 4.90 Å². The molecule has 2 aromatic heterocycles. The number of rotatable bonds is 4. The van der Waals surface area contributed by atoms with E-state index >= 15 is 0 Å². The summed E-state index contributed by atoms with van der Waals surface area (Å²) in [5.74, 6) is 0.0382. The molecule has 0 radical (unpaired) electrons. The Hall–Kier alpha value is -2.45. The highest BCUT2D eigenvalue weighted by molar-refractivity contribution is 5.84. The zero-order valence-electron chi connectivity index (χ0n) is 14.7. The molecule has 2 atom stereocenters. The van der Waals surface area contributed by atoms with E-state index in [0.717, 1.165) is 25.7 Å². The number of aromatic amines is 1. The van der Waals surface area contributed by atoms with Gasteiger partial charge in [0.2, 0.25) is 11.9 Å². The maximum absolute atomic E-state index is 13.3. The number of likely N-dealkylation sites (tertiary alicyclic amines) is 1. The Morgan fingerprint density at radius 1 is 1.38 bits per heavy atom. The van der Waals surface area contributed by atoms with Gasteiger partial charge in [0, 0.05) is 6.54 Å². The summed E-state index contributed by atoms with van der Waals surface area (Å²) in [6, 6.07) is -0.344. The van der Waals surface area contributed by atoms with Gasteiger partial charge in [0.15, 0.2) is 5.65 Å². The van der Waals surface area contributed by atoms with Gasteiger partial charge in [-0.1, -0.05) is 12.8 Å². The number of fused-ring (bicyclic) bond motifs is 1. The number of carbonyl (C=O) groups excluding carboxylic acids is 1. The third-order valence-electron chi connectivity index (χ3n) is 5.30. The number of nitrogens with one attached hydrogen (secondary N) is 2. The molecule has 4 rings (SSSR count). The van der Waals surface area contributed by atoms with E-state index in [1.54, 1.807) is 13.1 Å². The fraction of sp³-hybridized carbons (Fsp3) is 0.647. The van der Waals surface area contributed by atoms with E-state index in [1.807, 2.05) is 4.68 Å². The van der Waals surface area contributed by atoms with Crippen LogP contribution in [0.4, 0.5) is 10.3 Å². The van der Waals surface area contributed by atoms with E-state index in [9.17, 15) is 14.0 Å². The fourth-order valence-electron chi connectivity index (χ4n) is 3.88. The van der Waals surface area contributed by atoms with Gasteiger partial charge in [0.1, 0.15) is 17.6 Å². The summed E-state index contributed by atoms with van der Waals surface area (Å²) < 4.78 is 15.1. The number of aromatic nitrogens is 4. The van der Waals surface area contributed by atoms with Crippen LogP contribution in [0.2, 0.25) is 0 Å². The molecule has 3 heterocycles. The van der Waals surface area contributed by atoms with Gasteiger partial charge < -0.3 is 10.2 Å². The highest BCUT2D eigenvalue weighted by Crippen LogP contribution is 2.30. The van der Waals surface area contributed by atoms with Crippen LogP contribution < -0.4 is 10.9 Å². The van der Waals surface area contributed by atoms with Gasteiger partial charge in [-0.15, -0.1) is 0 Å². The van der Waals surface area contributed by atoms with Gasteiger partial charge >= 0.3 is 0 Å². The summed E-state index contributed by atoms with van der Waals surface area (Å²) in [6.45, 7) is 2.23. The van der Waals surface area contributed by atoms with Crippen molar-refractivity contribution >= 4 is 22.9 Å². The molecule has 1 aliphatic heterocycles. The van der Waals surface area contributed by atoms with Crippen molar-refractivity contribution in [3.8, 4) is 0 Å². The molecular formula is C17H23FN6O2. The fourth-order valence-corrected chi connectivity index (χ4v) is 3.88. The molecule has 1 aliphatic carbocycles. The van der Waals surface area contributed by atoms with Crippen LogP contribution in [0.25, 0.3) is 11.0 Å². The number of alkyl halides is 1. The zero-order chi connectivity index (χ0) is 18.3. The highest BCUT2D eigenvalue weighted by Gasteiger charge is 2.29. The number of amides is 1. The number of hydrogen-bond acceptors (Lipinski definition) is 5. The number of carbonyl (C=O) groups is 1. The Morgan fingerprint density at radius 3 is 2.85 bits per heavy atom. The molecule has 0 spiro atoms. The van der Waals surface area contributed by atoms with Gasteiger partial charge in [-0.25, -0.2) is 9.07 Å². The molecule has 26 heavy (non-hydrogen) atoms. The predicted octanol–water partition coefficient (Wildman–Crippen LogP) is 1.61. The summed E-state index contributed by atoms with van der Waals surface area (Å²) in [5, 5.41) is 7.75. The van der Waals surface area contributed by atoms with Crippen LogP contribution in [0, 0.1) is 0 Å². The van der Waals surface area contributed by atoms with Crippen molar-refractivity contribution in [1.29, 1.82) is 0 Å². The minimum Gasteiger partial charge on any atom is -0.344 e. The molecule has 9 heteroatoms. The molecule has 1 saturated carbocycles. The normalized spacial score (nSPS) is 22.2. The molecule has 2 aliphatic rings. The maximum atomic E-state index is 13.3. The first-order valence-electron chi connectivity index (χ1n) is 9.20. The highest BCUT2D eigenvalue weighted by atomic mass is 19.1. The summed E-state index contributed by atoms with van der Waals surface area (Å²) in [6.07, 6.45) is 5.32. The van der Waals surface area contributed by atoms with Gasteiger partial charge in [0.05, 0.1) is 18.8 Å². The van der Waals surface area contributed by atoms with Crippen molar-refractivity contribution in [3.63, 3.8) is 0 Å². The average Bonchev–Trinajstić information content (AvgIpc) is 3.33. The molecule has 8 nitrogen and oxygen atoms in total. The minimum atomic E-state index is -0.957. The van der Waals surface area contributed by atoms with Crippen molar-refractivity contribution in [2.24, 2.45) is 0 Å². The second-order valence-electron chi connectivity index (χ2n) is 7.22. The molecule has 0 aromatic carbocycles. The maximum Gasteiger partial charge on any atom is 0.263 e. The molecule has 140 valence electrons. The van der Waals surface area contributed by atoms with Gasteiger partial charge in [-0.05, 0) is 26.2 Å². The van der Waals surface area contributed by atoms with Crippen molar-refractivity contribution in [2.45, 2.75) is 57.3 Å². The molecule has 2 fully saturated rings. The molecule has 2 aromatic rings. The molecule has 2 unspecified atom stereocenters. The van der Waals surface area contributed by atoms with Crippen molar-refractivity contribution in [2.75, 3.05) is 18.4 Å². The molecule has 1 amide bonds. The SMILES string of the molecule is CC(Nc1nc2c(cnn2C2CCCC2)c(=O)[nH]1)C(=O)N1CCC(F)C1. The standard InChI is InChI=1S/C17H23FN6O2/c1-10(16(26)23-7-6-11(18)9-23)20-17-21-14-13(15(25)22-17)8-19-24(14)12-4-2-3-5-12/h8,10-12H,2-7,9H2,1H3,(H2,20,21,22,25). The number of H-pyrrole nitrogens is 1.